The van der Waals surface area contributed by atoms with Crippen molar-refractivity contribution in [2.75, 3.05) is 6.61 Å². The maximum atomic E-state index is 12.5. The molecule has 2 aliphatic rings. The van der Waals surface area contributed by atoms with Crippen molar-refractivity contribution in [3.8, 4) is 0 Å². The Bertz CT molecular complexity index is 482. The van der Waals surface area contributed by atoms with Gasteiger partial charge in [-0.3, -0.25) is 4.79 Å². The lowest BCUT2D eigenvalue weighted by Crippen LogP contribution is -2.40. The number of Topliss-reactive ketones (excluding diaryl/α,β-unsaturated/α-hetero) is 1. The normalized spacial score (nSPS) is 33.6. The summed E-state index contributed by atoms with van der Waals surface area (Å²) in [6.45, 7) is 5.38. The molecule has 0 amide bonds. The number of fused-ring (bicyclic) bond motifs is 1. The van der Waals surface area contributed by atoms with Gasteiger partial charge < -0.3 is 14.9 Å². The van der Waals surface area contributed by atoms with Gasteiger partial charge in [-0.05, 0) is 26.3 Å². The Morgan fingerprint density at radius 2 is 2.16 bits per heavy atom. The number of epoxide rings is 1. The highest BCUT2D eigenvalue weighted by Gasteiger charge is 2.67. The number of ketones is 1. The van der Waals surface area contributed by atoms with Crippen LogP contribution in [0.25, 0.3) is 0 Å². The molecule has 1 heterocycles. The SMILES string of the molecule is C/C=C/C1=C(CO)[C@H](O)[C@@H]2O[C@]2(CC=C(C)C)C1=O. The highest BCUT2D eigenvalue weighted by Crippen LogP contribution is 2.50. The van der Waals surface area contributed by atoms with Gasteiger partial charge in [0.15, 0.2) is 11.4 Å². The van der Waals surface area contributed by atoms with Crippen molar-refractivity contribution in [2.45, 2.75) is 45.0 Å². The Labute approximate surface area is 113 Å². The van der Waals surface area contributed by atoms with Gasteiger partial charge in [-0.25, -0.2) is 0 Å². The van der Waals surface area contributed by atoms with E-state index in [1.807, 2.05) is 19.9 Å². The number of hydrogen-bond acceptors (Lipinski definition) is 4. The van der Waals surface area contributed by atoms with Crippen LogP contribution in [-0.2, 0) is 9.53 Å². The van der Waals surface area contributed by atoms with Gasteiger partial charge in [-0.1, -0.05) is 23.8 Å². The molecule has 0 spiro atoms. The van der Waals surface area contributed by atoms with E-state index in [2.05, 4.69) is 0 Å². The summed E-state index contributed by atoms with van der Waals surface area (Å²) in [5.41, 5.74) is 0.923. The number of carbonyl (C=O) groups is 1. The van der Waals surface area contributed by atoms with Crippen molar-refractivity contribution in [3.05, 3.63) is 34.9 Å². The molecule has 0 aromatic rings. The van der Waals surface area contributed by atoms with Crippen molar-refractivity contribution in [2.24, 2.45) is 0 Å². The largest absolute Gasteiger partial charge is 0.392 e. The minimum absolute atomic E-state index is 0.137. The zero-order valence-corrected chi connectivity index (χ0v) is 11.5. The number of hydrogen-bond donors (Lipinski definition) is 2. The summed E-state index contributed by atoms with van der Waals surface area (Å²) in [7, 11) is 0. The second kappa shape index (κ2) is 5.04. The molecule has 1 fully saturated rings. The van der Waals surface area contributed by atoms with Crippen molar-refractivity contribution < 1.29 is 19.7 Å². The van der Waals surface area contributed by atoms with Gasteiger partial charge in [0.25, 0.3) is 0 Å². The van der Waals surface area contributed by atoms with E-state index >= 15 is 0 Å². The molecular formula is C15H20O4. The van der Waals surface area contributed by atoms with Crippen molar-refractivity contribution in [3.63, 3.8) is 0 Å². The Balaban J connectivity index is 2.38. The molecule has 1 saturated heterocycles. The Kier molecular flexibility index (Phi) is 3.76. The van der Waals surface area contributed by atoms with E-state index in [0.717, 1.165) is 5.57 Å². The van der Waals surface area contributed by atoms with Crippen LogP contribution in [0.3, 0.4) is 0 Å². The van der Waals surface area contributed by atoms with Crippen LogP contribution in [0.2, 0.25) is 0 Å². The first-order valence-corrected chi connectivity index (χ1v) is 6.48. The summed E-state index contributed by atoms with van der Waals surface area (Å²) in [4.78, 5) is 12.5. The first kappa shape index (κ1) is 14.2. The molecule has 0 unspecified atom stereocenters. The minimum atomic E-state index is -0.926. The molecule has 1 aliphatic heterocycles. The summed E-state index contributed by atoms with van der Waals surface area (Å²) in [5.74, 6) is -0.137. The molecule has 4 nitrogen and oxygen atoms in total. The summed E-state index contributed by atoms with van der Waals surface area (Å²) in [5, 5.41) is 19.5. The lowest BCUT2D eigenvalue weighted by atomic mass is 9.79. The summed E-state index contributed by atoms with van der Waals surface area (Å²) < 4.78 is 5.52. The molecule has 2 N–H and O–H groups in total. The first-order chi connectivity index (χ1) is 8.97. The van der Waals surface area contributed by atoms with Crippen LogP contribution < -0.4 is 0 Å². The van der Waals surface area contributed by atoms with E-state index in [0.29, 0.717) is 17.6 Å². The van der Waals surface area contributed by atoms with E-state index < -0.39 is 17.8 Å². The number of allylic oxidation sites excluding steroid dienone is 3. The fourth-order valence-corrected chi connectivity index (χ4v) is 2.55. The van der Waals surface area contributed by atoms with Crippen LogP contribution in [0.1, 0.15) is 27.2 Å². The van der Waals surface area contributed by atoms with Crippen LogP contribution in [0, 0.1) is 0 Å². The maximum Gasteiger partial charge on any atom is 0.197 e. The topological polar surface area (TPSA) is 70.1 Å². The number of ether oxygens (including phenoxy) is 1. The summed E-state index contributed by atoms with van der Waals surface area (Å²) >= 11 is 0. The lowest BCUT2D eigenvalue weighted by molar-refractivity contribution is -0.120. The van der Waals surface area contributed by atoms with Gasteiger partial charge in [0.1, 0.15) is 12.2 Å². The van der Waals surface area contributed by atoms with E-state index in [1.54, 1.807) is 19.1 Å². The zero-order chi connectivity index (χ0) is 14.2. The minimum Gasteiger partial charge on any atom is -0.392 e. The molecule has 0 radical (unpaired) electrons. The average Bonchev–Trinajstić information content (AvgIpc) is 3.11. The lowest BCUT2D eigenvalue weighted by Gasteiger charge is -2.23. The van der Waals surface area contributed by atoms with Crippen LogP contribution in [0.5, 0.6) is 0 Å². The standard InChI is InChI=1S/C15H20O4/c1-4-5-10-11(8-16)12(17)14-15(19-14,13(10)18)7-6-9(2)3/h4-6,12,14,16-17H,7-8H2,1-3H3/b5-4+/t12-,14-,15+/m0/s1. The van der Waals surface area contributed by atoms with Gasteiger partial charge in [0.05, 0.1) is 6.61 Å². The Morgan fingerprint density at radius 1 is 1.47 bits per heavy atom. The molecular weight excluding hydrogens is 244 g/mol. The number of aliphatic hydroxyl groups excluding tert-OH is 2. The molecule has 0 bridgehead atoms. The van der Waals surface area contributed by atoms with Crippen LogP contribution in [0.15, 0.2) is 34.9 Å². The first-order valence-electron chi connectivity index (χ1n) is 6.48. The monoisotopic (exact) mass is 264 g/mol. The highest BCUT2D eigenvalue weighted by atomic mass is 16.6. The van der Waals surface area contributed by atoms with Gasteiger partial charge in [-0.2, -0.15) is 0 Å². The molecule has 2 rings (SSSR count). The maximum absolute atomic E-state index is 12.5. The van der Waals surface area contributed by atoms with Crippen LogP contribution >= 0.6 is 0 Å². The molecule has 0 aromatic carbocycles. The van der Waals surface area contributed by atoms with Gasteiger partial charge in [0.2, 0.25) is 0 Å². The fourth-order valence-electron chi connectivity index (χ4n) is 2.55. The van der Waals surface area contributed by atoms with Crippen LogP contribution in [0.4, 0.5) is 0 Å². The second-order valence-corrected chi connectivity index (χ2v) is 5.28. The van der Waals surface area contributed by atoms with Crippen molar-refractivity contribution in [1.29, 1.82) is 0 Å². The smallest absolute Gasteiger partial charge is 0.197 e. The van der Waals surface area contributed by atoms with Crippen molar-refractivity contribution >= 4 is 5.78 Å². The van der Waals surface area contributed by atoms with Gasteiger partial charge in [-0.15, -0.1) is 0 Å². The number of rotatable bonds is 4. The molecule has 0 saturated carbocycles. The molecule has 104 valence electrons. The quantitative estimate of drug-likeness (QED) is 0.593. The zero-order valence-electron chi connectivity index (χ0n) is 11.5. The van der Waals surface area contributed by atoms with E-state index in [1.165, 1.54) is 0 Å². The fraction of sp³-hybridized carbons (Fsp3) is 0.533. The number of carbonyl (C=O) groups excluding carboxylic acids is 1. The van der Waals surface area contributed by atoms with E-state index in [-0.39, 0.29) is 12.4 Å². The number of aliphatic hydroxyl groups is 2. The predicted octanol–water partition coefficient (Wildman–Crippen LogP) is 1.29. The molecule has 19 heavy (non-hydrogen) atoms. The average molecular weight is 264 g/mol. The third-order valence-corrected chi connectivity index (χ3v) is 3.68. The molecule has 0 aromatic heterocycles. The third kappa shape index (κ3) is 2.20. The third-order valence-electron chi connectivity index (χ3n) is 3.68. The Hall–Kier alpha value is -1.23. The second-order valence-electron chi connectivity index (χ2n) is 5.28. The summed E-state index contributed by atoms with van der Waals surface area (Å²) in [6, 6.07) is 0. The molecule has 3 atom stereocenters. The highest BCUT2D eigenvalue weighted by molar-refractivity contribution is 6.08. The molecule has 4 heteroatoms. The van der Waals surface area contributed by atoms with E-state index in [4.69, 9.17) is 4.74 Å². The van der Waals surface area contributed by atoms with Gasteiger partial charge >= 0.3 is 0 Å². The van der Waals surface area contributed by atoms with E-state index in [9.17, 15) is 15.0 Å². The predicted molar refractivity (Wildman–Crippen MR) is 71.6 cm³/mol. The Morgan fingerprint density at radius 3 is 2.68 bits per heavy atom. The molecule has 1 aliphatic carbocycles. The van der Waals surface area contributed by atoms with Crippen LogP contribution in [-0.4, -0.2) is 40.4 Å². The van der Waals surface area contributed by atoms with Gasteiger partial charge in [0, 0.05) is 12.0 Å². The van der Waals surface area contributed by atoms with Crippen molar-refractivity contribution in [1.82, 2.24) is 0 Å². The summed E-state index contributed by atoms with van der Waals surface area (Å²) in [6.07, 6.45) is 4.36.